The number of nitrogens with zero attached hydrogens (tertiary/aromatic N) is 2. The zero-order valence-corrected chi connectivity index (χ0v) is 14.3. The van der Waals surface area contributed by atoms with Crippen LogP contribution < -0.4 is 16.6 Å². The molecule has 0 radical (unpaired) electrons. The van der Waals surface area contributed by atoms with Crippen molar-refractivity contribution in [2.45, 2.75) is 26.9 Å². The molecule has 0 bridgehead atoms. The van der Waals surface area contributed by atoms with Crippen LogP contribution in [0.5, 0.6) is 5.88 Å². The Morgan fingerprint density at radius 2 is 1.70 bits per heavy atom. The van der Waals surface area contributed by atoms with Gasteiger partial charge in [0.1, 0.15) is 0 Å². The van der Waals surface area contributed by atoms with Gasteiger partial charge in [-0.3, -0.25) is 18.7 Å². The number of hydrogen-bond acceptors (Lipinski definition) is 4. The lowest BCUT2D eigenvalue weighted by Gasteiger charge is -2.13. The van der Waals surface area contributed by atoms with Gasteiger partial charge in [0, 0.05) is 23.2 Å². The predicted molar refractivity (Wildman–Crippen MR) is 90.1 cm³/mol. The molecule has 0 spiro atoms. The molecule has 122 valence electrons. The summed E-state index contributed by atoms with van der Waals surface area (Å²) in [6.07, 6.45) is 0. The van der Waals surface area contributed by atoms with Gasteiger partial charge in [0.05, 0.1) is 0 Å². The SMILES string of the molecule is CCn1c(O)c(C(=O)Nc2ccc(Br)cc2)c(=O)n(CC)c1=O. The van der Waals surface area contributed by atoms with Crippen molar-refractivity contribution >= 4 is 27.5 Å². The van der Waals surface area contributed by atoms with Crippen molar-refractivity contribution in [3.8, 4) is 5.88 Å². The van der Waals surface area contributed by atoms with Gasteiger partial charge in [-0.25, -0.2) is 4.79 Å². The lowest BCUT2D eigenvalue weighted by Crippen LogP contribution is -2.42. The Balaban J connectivity index is 2.54. The molecule has 1 aromatic carbocycles. The first-order valence-corrected chi connectivity index (χ1v) is 7.83. The van der Waals surface area contributed by atoms with Crippen LogP contribution in [0, 0.1) is 0 Å². The third-order valence-electron chi connectivity index (χ3n) is 3.36. The largest absolute Gasteiger partial charge is 0.494 e. The van der Waals surface area contributed by atoms with Crippen LogP contribution in [0.3, 0.4) is 0 Å². The van der Waals surface area contributed by atoms with Gasteiger partial charge >= 0.3 is 5.69 Å². The van der Waals surface area contributed by atoms with Crippen molar-refractivity contribution in [2.24, 2.45) is 0 Å². The third kappa shape index (κ3) is 3.21. The van der Waals surface area contributed by atoms with Crippen LogP contribution in [0.4, 0.5) is 5.69 Å². The molecule has 0 fully saturated rings. The summed E-state index contributed by atoms with van der Waals surface area (Å²) < 4.78 is 2.74. The fraction of sp³-hybridized carbons (Fsp3) is 0.267. The van der Waals surface area contributed by atoms with Gasteiger partial charge in [0.2, 0.25) is 5.88 Å². The minimum atomic E-state index is -0.811. The van der Waals surface area contributed by atoms with E-state index in [4.69, 9.17) is 0 Å². The van der Waals surface area contributed by atoms with Crippen LogP contribution in [-0.2, 0) is 13.1 Å². The number of hydrogen-bond donors (Lipinski definition) is 2. The molecule has 0 saturated carbocycles. The van der Waals surface area contributed by atoms with Crippen molar-refractivity contribution in [3.05, 3.63) is 55.1 Å². The summed E-state index contributed by atoms with van der Waals surface area (Å²) >= 11 is 3.28. The standard InChI is InChI=1S/C15H16BrN3O4/c1-3-18-13(21)11(14(22)19(4-2)15(18)23)12(20)17-10-7-5-9(16)6-8-10/h5-8,21H,3-4H2,1-2H3,(H,17,20). The molecule has 0 unspecified atom stereocenters. The molecule has 2 N–H and O–H groups in total. The van der Waals surface area contributed by atoms with E-state index in [9.17, 15) is 19.5 Å². The highest BCUT2D eigenvalue weighted by Crippen LogP contribution is 2.17. The predicted octanol–water partition coefficient (Wildman–Crippen LogP) is 1.77. The summed E-state index contributed by atoms with van der Waals surface area (Å²) in [6, 6.07) is 6.75. The molecule has 0 atom stereocenters. The van der Waals surface area contributed by atoms with Crippen molar-refractivity contribution in [3.63, 3.8) is 0 Å². The van der Waals surface area contributed by atoms with E-state index in [2.05, 4.69) is 21.2 Å². The molecule has 7 nitrogen and oxygen atoms in total. The second-order valence-corrected chi connectivity index (χ2v) is 5.65. The summed E-state index contributed by atoms with van der Waals surface area (Å²) in [7, 11) is 0. The zero-order chi connectivity index (χ0) is 17.1. The normalized spacial score (nSPS) is 10.6. The molecule has 0 aliphatic rings. The van der Waals surface area contributed by atoms with Crippen LogP contribution in [0.1, 0.15) is 24.2 Å². The van der Waals surface area contributed by atoms with Gasteiger partial charge in [-0.2, -0.15) is 0 Å². The minimum Gasteiger partial charge on any atom is -0.494 e. The molecule has 1 amide bonds. The van der Waals surface area contributed by atoms with Crippen molar-refractivity contribution in [2.75, 3.05) is 5.32 Å². The first kappa shape index (κ1) is 17.0. The highest BCUT2D eigenvalue weighted by atomic mass is 79.9. The maximum Gasteiger partial charge on any atom is 0.333 e. The number of rotatable bonds is 4. The van der Waals surface area contributed by atoms with E-state index in [-0.39, 0.29) is 13.1 Å². The Morgan fingerprint density at radius 1 is 1.13 bits per heavy atom. The van der Waals surface area contributed by atoms with E-state index >= 15 is 0 Å². The van der Waals surface area contributed by atoms with E-state index in [1.807, 2.05) is 0 Å². The van der Waals surface area contributed by atoms with Crippen molar-refractivity contribution < 1.29 is 9.90 Å². The Kier molecular flexibility index (Phi) is 5.05. The molecule has 8 heteroatoms. The summed E-state index contributed by atoms with van der Waals surface area (Å²) in [5, 5.41) is 12.7. The van der Waals surface area contributed by atoms with Crippen molar-refractivity contribution in [1.29, 1.82) is 0 Å². The first-order chi connectivity index (χ1) is 10.9. The van der Waals surface area contributed by atoms with E-state index in [0.29, 0.717) is 5.69 Å². The fourth-order valence-corrected chi connectivity index (χ4v) is 2.44. The Hall–Kier alpha value is -2.35. The monoisotopic (exact) mass is 381 g/mol. The van der Waals surface area contributed by atoms with Gasteiger partial charge in [-0.15, -0.1) is 0 Å². The lowest BCUT2D eigenvalue weighted by molar-refractivity contribution is 0.102. The number of amides is 1. The Morgan fingerprint density at radius 3 is 2.22 bits per heavy atom. The summed E-state index contributed by atoms with van der Waals surface area (Å²) in [5.41, 5.74) is -1.43. The highest BCUT2D eigenvalue weighted by molar-refractivity contribution is 9.10. The van der Waals surface area contributed by atoms with Crippen LogP contribution in [-0.4, -0.2) is 20.1 Å². The molecular weight excluding hydrogens is 366 g/mol. The molecular formula is C15H16BrN3O4. The average molecular weight is 382 g/mol. The number of anilines is 1. The number of nitrogens with one attached hydrogen (secondary N) is 1. The van der Waals surface area contributed by atoms with Gasteiger partial charge in [-0.05, 0) is 38.1 Å². The third-order valence-corrected chi connectivity index (χ3v) is 3.89. The van der Waals surface area contributed by atoms with Crippen LogP contribution in [0.2, 0.25) is 0 Å². The van der Waals surface area contributed by atoms with Gasteiger partial charge in [0.15, 0.2) is 5.56 Å². The fourth-order valence-electron chi connectivity index (χ4n) is 2.18. The maximum atomic E-state index is 12.4. The number of aromatic hydroxyl groups is 1. The van der Waals surface area contributed by atoms with Crippen LogP contribution >= 0.6 is 15.9 Å². The average Bonchev–Trinajstić information content (AvgIpc) is 2.50. The van der Waals surface area contributed by atoms with Crippen molar-refractivity contribution in [1.82, 2.24) is 9.13 Å². The minimum absolute atomic E-state index is 0.108. The molecule has 0 aliphatic carbocycles. The summed E-state index contributed by atoms with van der Waals surface area (Å²) in [6.45, 7) is 3.51. The second-order valence-electron chi connectivity index (χ2n) is 4.74. The molecule has 23 heavy (non-hydrogen) atoms. The van der Waals surface area contributed by atoms with Crippen LogP contribution in [0.15, 0.2) is 38.3 Å². The highest BCUT2D eigenvalue weighted by Gasteiger charge is 2.23. The quantitative estimate of drug-likeness (QED) is 0.843. The maximum absolute atomic E-state index is 12.4. The summed E-state index contributed by atoms with van der Waals surface area (Å²) in [5.74, 6) is -1.39. The smallest absolute Gasteiger partial charge is 0.333 e. The van der Waals surface area contributed by atoms with Gasteiger partial charge in [0.25, 0.3) is 11.5 Å². The summed E-state index contributed by atoms with van der Waals surface area (Å²) in [4.78, 5) is 36.8. The molecule has 2 rings (SSSR count). The topological polar surface area (TPSA) is 93.3 Å². The lowest BCUT2D eigenvalue weighted by atomic mass is 10.2. The molecule has 0 saturated heterocycles. The molecule has 1 heterocycles. The van der Waals surface area contributed by atoms with E-state index in [1.54, 1.807) is 38.1 Å². The second kappa shape index (κ2) is 6.82. The number of aromatic nitrogens is 2. The van der Waals surface area contributed by atoms with E-state index < -0.39 is 28.6 Å². The number of carbonyl (C=O) groups excluding carboxylic acids is 1. The van der Waals surface area contributed by atoms with Crippen LogP contribution in [0.25, 0.3) is 0 Å². The molecule has 1 aromatic heterocycles. The zero-order valence-electron chi connectivity index (χ0n) is 12.7. The number of halogens is 1. The van der Waals surface area contributed by atoms with E-state index in [0.717, 1.165) is 13.6 Å². The van der Waals surface area contributed by atoms with E-state index in [1.165, 1.54) is 0 Å². The number of carbonyl (C=O) groups is 1. The first-order valence-electron chi connectivity index (χ1n) is 7.04. The number of benzene rings is 1. The van der Waals surface area contributed by atoms with Gasteiger partial charge < -0.3 is 10.4 Å². The Labute approximate surface area is 140 Å². The molecule has 0 aliphatic heterocycles. The van der Waals surface area contributed by atoms with Gasteiger partial charge in [-0.1, -0.05) is 15.9 Å². The molecule has 2 aromatic rings. The Bertz CT molecular complexity index is 853.